The van der Waals surface area contributed by atoms with E-state index >= 15 is 0 Å². The molecular weight excluding hydrogens is 246 g/mol. The molecule has 0 N–H and O–H groups in total. The molecule has 3 aromatic rings. The number of hydrogen-bond acceptors (Lipinski definition) is 1. The summed E-state index contributed by atoms with van der Waals surface area (Å²) in [6.45, 7) is 2.40. The molecule has 0 bridgehead atoms. The van der Waals surface area contributed by atoms with Crippen molar-refractivity contribution in [1.29, 1.82) is 0 Å². The van der Waals surface area contributed by atoms with Crippen molar-refractivity contribution in [1.82, 2.24) is 0 Å². The highest BCUT2D eigenvalue weighted by atomic mass is 16.1. The first kappa shape index (κ1) is 12.5. The summed E-state index contributed by atoms with van der Waals surface area (Å²) in [6.07, 6.45) is 3.92. The van der Waals surface area contributed by atoms with E-state index in [0.717, 1.165) is 21.9 Å². The van der Waals surface area contributed by atoms with E-state index in [9.17, 15) is 4.79 Å². The summed E-state index contributed by atoms with van der Waals surface area (Å²) in [5.41, 5.74) is 1.94. The Labute approximate surface area is 118 Å². The van der Waals surface area contributed by atoms with E-state index in [0.29, 0.717) is 6.54 Å². The third-order valence-electron chi connectivity index (χ3n) is 3.42. The number of ketones is 1. The van der Waals surface area contributed by atoms with Crippen LogP contribution >= 0.6 is 0 Å². The third kappa shape index (κ3) is 2.45. The second-order valence-electron chi connectivity index (χ2n) is 5.00. The van der Waals surface area contributed by atoms with Gasteiger partial charge in [-0.25, -0.2) is 0 Å². The van der Waals surface area contributed by atoms with Crippen LogP contribution in [-0.4, -0.2) is 5.78 Å². The molecule has 3 rings (SSSR count). The van der Waals surface area contributed by atoms with Crippen LogP contribution in [0.5, 0.6) is 0 Å². The monoisotopic (exact) mass is 262 g/mol. The van der Waals surface area contributed by atoms with Crippen molar-refractivity contribution >= 4 is 16.6 Å². The standard InChI is InChI=1S/C18H16NO/c1-14-6-5-11-19(12-14)13-18(20)17-10-4-8-15-7-2-3-9-16(15)17/h2-12H,13H2,1H3/q+1. The molecule has 0 unspecified atom stereocenters. The summed E-state index contributed by atoms with van der Waals surface area (Å²) in [6, 6.07) is 17.9. The van der Waals surface area contributed by atoms with Crippen LogP contribution in [0.25, 0.3) is 10.8 Å². The van der Waals surface area contributed by atoms with Crippen molar-refractivity contribution in [2.24, 2.45) is 0 Å². The Hall–Kier alpha value is -2.48. The number of rotatable bonds is 3. The van der Waals surface area contributed by atoms with Gasteiger partial charge >= 0.3 is 0 Å². The maximum Gasteiger partial charge on any atom is 0.228 e. The summed E-state index contributed by atoms with van der Waals surface area (Å²) in [5.74, 6) is 0.136. The molecule has 2 heteroatoms. The Kier molecular flexibility index (Phi) is 3.30. The van der Waals surface area contributed by atoms with Gasteiger partial charge in [0.2, 0.25) is 12.3 Å². The molecule has 0 aliphatic heterocycles. The molecule has 0 aliphatic carbocycles. The van der Waals surface area contributed by atoms with Crippen LogP contribution in [0.4, 0.5) is 0 Å². The molecule has 0 fully saturated rings. The summed E-state index contributed by atoms with van der Waals surface area (Å²) in [4.78, 5) is 12.5. The lowest BCUT2D eigenvalue weighted by Crippen LogP contribution is -2.37. The first-order valence-electron chi connectivity index (χ1n) is 6.71. The molecule has 20 heavy (non-hydrogen) atoms. The lowest BCUT2D eigenvalue weighted by Gasteiger charge is -2.04. The average Bonchev–Trinajstić information content (AvgIpc) is 2.46. The molecule has 0 amide bonds. The van der Waals surface area contributed by atoms with E-state index in [-0.39, 0.29) is 5.78 Å². The van der Waals surface area contributed by atoms with Gasteiger partial charge in [-0.05, 0) is 23.8 Å². The minimum absolute atomic E-state index is 0.136. The van der Waals surface area contributed by atoms with Gasteiger partial charge in [0, 0.05) is 17.2 Å². The zero-order valence-corrected chi connectivity index (χ0v) is 11.4. The van der Waals surface area contributed by atoms with Gasteiger partial charge in [0.25, 0.3) is 0 Å². The minimum atomic E-state index is 0.136. The Morgan fingerprint density at radius 1 is 1.00 bits per heavy atom. The van der Waals surface area contributed by atoms with Crippen LogP contribution in [0.15, 0.2) is 67.0 Å². The number of nitrogens with zero attached hydrogens (tertiary/aromatic N) is 1. The highest BCUT2D eigenvalue weighted by Gasteiger charge is 2.14. The Bertz CT molecular complexity index is 772. The molecule has 0 spiro atoms. The van der Waals surface area contributed by atoms with E-state index in [1.165, 1.54) is 0 Å². The van der Waals surface area contributed by atoms with Crippen LogP contribution in [-0.2, 0) is 6.54 Å². The highest BCUT2D eigenvalue weighted by molar-refractivity contribution is 6.07. The second kappa shape index (κ2) is 5.25. The molecule has 1 heterocycles. The average molecular weight is 262 g/mol. The van der Waals surface area contributed by atoms with Crippen molar-refractivity contribution in [3.05, 3.63) is 78.1 Å². The van der Waals surface area contributed by atoms with Crippen molar-refractivity contribution in [3.63, 3.8) is 0 Å². The van der Waals surface area contributed by atoms with Gasteiger partial charge in [-0.1, -0.05) is 42.5 Å². The van der Waals surface area contributed by atoms with Crippen molar-refractivity contribution in [2.45, 2.75) is 13.5 Å². The fraction of sp³-hybridized carbons (Fsp3) is 0.111. The van der Waals surface area contributed by atoms with E-state index in [2.05, 4.69) is 0 Å². The summed E-state index contributed by atoms with van der Waals surface area (Å²) in [7, 11) is 0. The summed E-state index contributed by atoms with van der Waals surface area (Å²) >= 11 is 0. The maximum absolute atomic E-state index is 12.5. The zero-order valence-electron chi connectivity index (χ0n) is 11.4. The third-order valence-corrected chi connectivity index (χ3v) is 3.42. The minimum Gasteiger partial charge on any atom is -0.287 e. The lowest BCUT2D eigenvalue weighted by atomic mass is 10.0. The van der Waals surface area contributed by atoms with E-state index < -0.39 is 0 Å². The zero-order chi connectivity index (χ0) is 13.9. The van der Waals surface area contributed by atoms with Crippen molar-refractivity contribution < 1.29 is 9.36 Å². The number of carbonyl (C=O) groups excluding carboxylic acids is 1. The van der Waals surface area contributed by atoms with E-state index in [1.807, 2.05) is 78.5 Å². The number of fused-ring (bicyclic) bond motifs is 1. The first-order chi connectivity index (χ1) is 9.74. The lowest BCUT2D eigenvalue weighted by molar-refractivity contribution is -0.683. The number of benzene rings is 2. The molecule has 1 aromatic heterocycles. The van der Waals surface area contributed by atoms with Crippen LogP contribution < -0.4 is 4.57 Å². The van der Waals surface area contributed by atoms with E-state index in [4.69, 9.17) is 0 Å². The smallest absolute Gasteiger partial charge is 0.228 e. The van der Waals surface area contributed by atoms with Crippen LogP contribution in [0.1, 0.15) is 15.9 Å². The molecule has 2 aromatic carbocycles. The van der Waals surface area contributed by atoms with Gasteiger partial charge in [0.05, 0.1) is 0 Å². The topological polar surface area (TPSA) is 20.9 Å². The number of aromatic nitrogens is 1. The fourth-order valence-electron chi connectivity index (χ4n) is 2.47. The van der Waals surface area contributed by atoms with Gasteiger partial charge in [-0.3, -0.25) is 4.79 Å². The second-order valence-corrected chi connectivity index (χ2v) is 5.00. The van der Waals surface area contributed by atoms with Gasteiger partial charge in [0.15, 0.2) is 12.4 Å². The Balaban J connectivity index is 1.97. The normalized spacial score (nSPS) is 10.7. The van der Waals surface area contributed by atoms with Crippen LogP contribution in [0, 0.1) is 6.92 Å². The van der Waals surface area contributed by atoms with Crippen molar-refractivity contribution in [2.75, 3.05) is 0 Å². The van der Waals surface area contributed by atoms with E-state index in [1.54, 1.807) is 0 Å². The molecule has 2 nitrogen and oxygen atoms in total. The first-order valence-corrected chi connectivity index (χ1v) is 6.71. The molecule has 0 saturated carbocycles. The van der Waals surface area contributed by atoms with Crippen LogP contribution in [0.2, 0.25) is 0 Å². The predicted octanol–water partition coefficient (Wildman–Crippen LogP) is 3.32. The van der Waals surface area contributed by atoms with Crippen molar-refractivity contribution in [3.8, 4) is 0 Å². The fourth-order valence-corrected chi connectivity index (χ4v) is 2.47. The van der Waals surface area contributed by atoms with Gasteiger partial charge < -0.3 is 0 Å². The number of pyridine rings is 1. The maximum atomic E-state index is 12.5. The Morgan fingerprint density at radius 3 is 2.65 bits per heavy atom. The number of carbonyl (C=O) groups is 1. The highest BCUT2D eigenvalue weighted by Crippen LogP contribution is 2.18. The molecular formula is C18H16NO+. The Morgan fingerprint density at radius 2 is 1.80 bits per heavy atom. The molecule has 0 aliphatic rings. The number of aryl methyl sites for hydroxylation is 1. The predicted molar refractivity (Wildman–Crippen MR) is 79.7 cm³/mol. The molecule has 98 valence electrons. The van der Waals surface area contributed by atoms with Gasteiger partial charge in [-0.2, -0.15) is 4.57 Å². The number of hydrogen-bond donors (Lipinski definition) is 0. The quantitative estimate of drug-likeness (QED) is 0.524. The molecule has 0 saturated heterocycles. The van der Waals surface area contributed by atoms with Crippen LogP contribution in [0.3, 0.4) is 0 Å². The molecule has 0 atom stereocenters. The summed E-state index contributed by atoms with van der Waals surface area (Å²) in [5, 5.41) is 2.13. The number of Topliss-reactive ketones (excluding diaryl/α,β-unsaturated/α-hetero) is 1. The van der Waals surface area contributed by atoms with Gasteiger partial charge in [0.1, 0.15) is 0 Å². The summed E-state index contributed by atoms with van der Waals surface area (Å²) < 4.78 is 1.93. The largest absolute Gasteiger partial charge is 0.287 e. The van der Waals surface area contributed by atoms with Gasteiger partial charge in [-0.15, -0.1) is 0 Å². The molecule has 0 radical (unpaired) electrons. The SMILES string of the molecule is Cc1ccc[n+](CC(=O)c2cccc3ccccc23)c1.